The molecular weight excluding hydrogens is 240 g/mol. The third-order valence-electron chi connectivity index (χ3n) is 3.31. The molecule has 0 unspecified atom stereocenters. The number of nitrogens with zero attached hydrogens (tertiary/aromatic N) is 1. The minimum absolute atomic E-state index is 0.0490. The van der Waals surface area contributed by atoms with Crippen LogP contribution >= 0.6 is 0 Å². The number of aromatic amines is 1. The lowest BCUT2D eigenvalue weighted by atomic mass is 10.1. The number of aromatic nitrogens is 1. The van der Waals surface area contributed by atoms with Crippen LogP contribution in [0.1, 0.15) is 30.1 Å². The fraction of sp³-hybridized carbons (Fsp3) is 0.400. The highest BCUT2D eigenvalue weighted by Crippen LogP contribution is 2.24. The van der Waals surface area contributed by atoms with Gasteiger partial charge in [-0.25, -0.2) is 0 Å². The highest BCUT2D eigenvalue weighted by atomic mass is 16.5. The molecule has 0 fully saturated rings. The first-order valence-corrected chi connectivity index (χ1v) is 6.58. The van der Waals surface area contributed by atoms with E-state index in [1.165, 1.54) is 0 Å². The van der Waals surface area contributed by atoms with Crippen LogP contribution in [0.25, 0.3) is 10.9 Å². The van der Waals surface area contributed by atoms with Crippen molar-refractivity contribution in [2.45, 2.75) is 19.8 Å². The maximum atomic E-state index is 12.4. The first kappa shape index (κ1) is 13.5. The van der Waals surface area contributed by atoms with Crippen LogP contribution < -0.4 is 4.74 Å². The number of carbonyl (C=O) groups excluding carboxylic acids is 1. The summed E-state index contributed by atoms with van der Waals surface area (Å²) >= 11 is 0. The van der Waals surface area contributed by atoms with Crippen molar-refractivity contribution in [1.82, 2.24) is 9.88 Å². The molecule has 0 aliphatic heterocycles. The third kappa shape index (κ3) is 2.72. The molecule has 0 spiro atoms. The number of fused-ring (bicyclic) bond motifs is 1. The Morgan fingerprint density at radius 1 is 1.42 bits per heavy atom. The van der Waals surface area contributed by atoms with Crippen LogP contribution in [0.15, 0.2) is 24.4 Å². The zero-order valence-electron chi connectivity index (χ0n) is 11.7. The van der Waals surface area contributed by atoms with Crippen molar-refractivity contribution in [3.05, 3.63) is 30.0 Å². The minimum atomic E-state index is 0.0490. The van der Waals surface area contributed by atoms with E-state index in [-0.39, 0.29) is 5.91 Å². The number of amides is 1. The van der Waals surface area contributed by atoms with E-state index in [1.54, 1.807) is 18.2 Å². The van der Waals surface area contributed by atoms with Crippen molar-refractivity contribution in [2.75, 3.05) is 20.7 Å². The Morgan fingerprint density at radius 3 is 2.89 bits per heavy atom. The lowest BCUT2D eigenvalue weighted by molar-refractivity contribution is 0.0795. The second-order valence-corrected chi connectivity index (χ2v) is 4.69. The average molecular weight is 260 g/mol. The third-order valence-corrected chi connectivity index (χ3v) is 3.31. The predicted molar refractivity (Wildman–Crippen MR) is 76.7 cm³/mol. The molecule has 1 N–H and O–H groups in total. The number of benzene rings is 1. The Bertz CT molecular complexity index is 575. The van der Waals surface area contributed by atoms with Gasteiger partial charge in [-0.15, -0.1) is 0 Å². The highest BCUT2D eigenvalue weighted by molar-refractivity contribution is 6.06. The van der Waals surface area contributed by atoms with Crippen LogP contribution in [0, 0.1) is 0 Å². The first-order chi connectivity index (χ1) is 9.17. The number of rotatable bonds is 5. The lowest BCUT2D eigenvalue weighted by Gasteiger charge is -2.16. The monoisotopic (exact) mass is 260 g/mol. The summed E-state index contributed by atoms with van der Waals surface area (Å²) in [6, 6.07) is 5.71. The second kappa shape index (κ2) is 5.78. The summed E-state index contributed by atoms with van der Waals surface area (Å²) in [5, 5.41) is 0.910. The maximum Gasteiger partial charge on any atom is 0.255 e. The Hall–Kier alpha value is -1.97. The summed E-state index contributed by atoms with van der Waals surface area (Å²) < 4.78 is 5.21. The van der Waals surface area contributed by atoms with Crippen LogP contribution in [0.5, 0.6) is 5.75 Å². The Balaban J connectivity index is 2.31. The van der Waals surface area contributed by atoms with Gasteiger partial charge in [0, 0.05) is 30.7 Å². The number of hydrogen-bond acceptors (Lipinski definition) is 2. The van der Waals surface area contributed by atoms with E-state index < -0.39 is 0 Å². The molecule has 2 aromatic rings. The van der Waals surface area contributed by atoms with Crippen molar-refractivity contribution in [3.63, 3.8) is 0 Å². The molecule has 0 radical (unpaired) electrons. The van der Waals surface area contributed by atoms with Gasteiger partial charge >= 0.3 is 0 Å². The van der Waals surface area contributed by atoms with Gasteiger partial charge in [-0.05, 0) is 24.6 Å². The number of hydrogen-bond donors (Lipinski definition) is 1. The molecular formula is C15H20N2O2. The smallest absolute Gasteiger partial charge is 0.255 e. The van der Waals surface area contributed by atoms with Gasteiger partial charge in [0.1, 0.15) is 5.75 Å². The van der Waals surface area contributed by atoms with Crippen molar-refractivity contribution in [1.29, 1.82) is 0 Å². The molecule has 0 saturated heterocycles. The van der Waals surface area contributed by atoms with Gasteiger partial charge in [-0.1, -0.05) is 13.3 Å². The number of carbonyl (C=O) groups is 1. The zero-order chi connectivity index (χ0) is 13.8. The van der Waals surface area contributed by atoms with Crippen molar-refractivity contribution in [2.24, 2.45) is 0 Å². The van der Waals surface area contributed by atoms with E-state index in [9.17, 15) is 4.79 Å². The number of methoxy groups -OCH3 is 1. The van der Waals surface area contributed by atoms with Gasteiger partial charge in [-0.2, -0.15) is 0 Å². The summed E-state index contributed by atoms with van der Waals surface area (Å²) in [6.07, 6.45) is 3.88. The topological polar surface area (TPSA) is 45.3 Å². The summed E-state index contributed by atoms with van der Waals surface area (Å²) in [5.41, 5.74) is 1.65. The molecule has 1 amide bonds. The van der Waals surface area contributed by atoms with Gasteiger partial charge in [0.05, 0.1) is 12.7 Å². The zero-order valence-corrected chi connectivity index (χ0v) is 11.7. The second-order valence-electron chi connectivity index (χ2n) is 4.69. The molecule has 1 aromatic carbocycles. The van der Waals surface area contributed by atoms with Gasteiger partial charge in [-0.3, -0.25) is 4.79 Å². The van der Waals surface area contributed by atoms with Crippen LogP contribution in [-0.2, 0) is 0 Å². The quantitative estimate of drug-likeness (QED) is 0.898. The fourth-order valence-electron chi connectivity index (χ4n) is 2.11. The van der Waals surface area contributed by atoms with Crippen LogP contribution in [0.3, 0.4) is 0 Å². The molecule has 4 nitrogen and oxygen atoms in total. The van der Waals surface area contributed by atoms with E-state index in [0.29, 0.717) is 5.56 Å². The molecule has 19 heavy (non-hydrogen) atoms. The molecule has 2 rings (SSSR count). The van der Waals surface area contributed by atoms with Crippen LogP contribution in [0.4, 0.5) is 0 Å². The average Bonchev–Trinajstić information content (AvgIpc) is 2.86. The molecule has 0 aliphatic rings. The van der Waals surface area contributed by atoms with E-state index in [2.05, 4.69) is 11.9 Å². The molecule has 0 aliphatic carbocycles. The number of H-pyrrole nitrogens is 1. The Kier molecular flexibility index (Phi) is 4.10. The molecule has 4 heteroatoms. The van der Waals surface area contributed by atoms with E-state index in [0.717, 1.165) is 36.0 Å². The number of ether oxygens (including phenoxy) is 1. The van der Waals surface area contributed by atoms with Gasteiger partial charge in [0.15, 0.2) is 0 Å². The van der Waals surface area contributed by atoms with Gasteiger partial charge in [0.2, 0.25) is 0 Å². The summed E-state index contributed by atoms with van der Waals surface area (Å²) in [6.45, 7) is 2.90. The summed E-state index contributed by atoms with van der Waals surface area (Å²) in [7, 11) is 3.47. The highest BCUT2D eigenvalue weighted by Gasteiger charge is 2.16. The van der Waals surface area contributed by atoms with Gasteiger partial charge < -0.3 is 14.6 Å². The summed E-state index contributed by atoms with van der Waals surface area (Å²) in [5.74, 6) is 0.810. The molecule has 0 saturated carbocycles. The molecule has 1 heterocycles. The number of nitrogens with one attached hydrogen (secondary N) is 1. The molecule has 102 valence electrons. The van der Waals surface area contributed by atoms with Crippen molar-refractivity contribution in [3.8, 4) is 5.75 Å². The Labute approximate surface area is 113 Å². The van der Waals surface area contributed by atoms with E-state index in [1.807, 2.05) is 25.2 Å². The normalized spacial score (nSPS) is 10.7. The van der Waals surface area contributed by atoms with E-state index >= 15 is 0 Å². The first-order valence-electron chi connectivity index (χ1n) is 6.58. The van der Waals surface area contributed by atoms with E-state index in [4.69, 9.17) is 4.74 Å². The van der Waals surface area contributed by atoms with Crippen LogP contribution in [-0.4, -0.2) is 36.5 Å². The van der Waals surface area contributed by atoms with Gasteiger partial charge in [0.25, 0.3) is 5.91 Å². The Morgan fingerprint density at radius 2 is 2.21 bits per heavy atom. The maximum absolute atomic E-state index is 12.4. The minimum Gasteiger partial charge on any atom is -0.497 e. The predicted octanol–water partition coefficient (Wildman–Crippen LogP) is 3.05. The largest absolute Gasteiger partial charge is 0.497 e. The molecule has 1 aromatic heterocycles. The lowest BCUT2D eigenvalue weighted by Crippen LogP contribution is -2.27. The van der Waals surface area contributed by atoms with Crippen molar-refractivity contribution < 1.29 is 9.53 Å². The summed E-state index contributed by atoms with van der Waals surface area (Å²) in [4.78, 5) is 17.3. The molecule has 0 bridgehead atoms. The fourth-order valence-corrected chi connectivity index (χ4v) is 2.11. The SMILES string of the molecule is CCCCN(C)C(=O)c1c[nH]c2ccc(OC)cc12. The number of unbranched alkanes of at least 4 members (excludes halogenated alkanes) is 1. The van der Waals surface area contributed by atoms with Crippen molar-refractivity contribution >= 4 is 16.8 Å². The molecule has 0 atom stereocenters. The standard InChI is InChI=1S/C15H20N2O2/c1-4-5-8-17(2)15(18)13-10-16-14-7-6-11(19-3)9-12(13)14/h6-7,9-10,16H,4-5,8H2,1-3H3. The van der Waals surface area contributed by atoms with Crippen LogP contribution in [0.2, 0.25) is 0 Å².